The SMILES string of the molecule is CCCCOc1ccc(C[C@H](NC(=O)O[C@H]2CO[C@H]3OCC[C@H]32)[C@H](O)CN(C[C@@H](C)CC)S(=O)(=O)c2ccc(CO)cc2)cc1. The molecule has 0 aromatic heterocycles. The Hall–Kier alpha value is -2.74. The van der Waals surface area contributed by atoms with Gasteiger partial charge in [-0.1, -0.05) is 57.9 Å². The van der Waals surface area contributed by atoms with Crippen molar-refractivity contribution >= 4 is 16.1 Å². The van der Waals surface area contributed by atoms with E-state index in [4.69, 9.17) is 18.9 Å². The maximum atomic E-state index is 13.8. The number of hydrogen-bond donors (Lipinski definition) is 3. The van der Waals surface area contributed by atoms with Crippen LogP contribution < -0.4 is 10.1 Å². The van der Waals surface area contributed by atoms with Gasteiger partial charge in [0.15, 0.2) is 6.29 Å². The van der Waals surface area contributed by atoms with Crippen molar-refractivity contribution in [1.29, 1.82) is 0 Å². The van der Waals surface area contributed by atoms with E-state index in [1.54, 1.807) is 12.1 Å². The van der Waals surface area contributed by atoms with Crippen molar-refractivity contribution in [2.75, 3.05) is 32.9 Å². The summed E-state index contributed by atoms with van der Waals surface area (Å²) in [5, 5.41) is 23.8. The van der Waals surface area contributed by atoms with Crippen molar-refractivity contribution in [3.8, 4) is 5.75 Å². The van der Waals surface area contributed by atoms with Gasteiger partial charge in [-0.2, -0.15) is 4.31 Å². The van der Waals surface area contributed by atoms with Crippen LogP contribution in [0.5, 0.6) is 5.75 Å². The lowest BCUT2D eigenvalue weighted by atomic mass is 10.0. The van der Waals surface area contributed by atoms with Gasteiger partial charge in [-0.25, -0.2) is 13.2 Å². The van der Waals surface area contributed by atoms with E-state index in [2.05, 4.69) is 12.2 Å². The quantitative estimate of drug-likeness (QED) is 0.218. The van der Waals surface area contributed by atoms with Crippen LogP contribution in [-0.2, 0) is 37.3 Å². The number of nitrogens with one attached hydrogen (secondary N) is 1. The molecule has 4 rings (SSSR count). The number of ether oxygens (including phenoxy) is 4. The van der Waals surface area contributed by atoms with Crippen LogP contribution in [0.1, 0.15) is 57.6 Å². The van der Waals surface area contributed by atoms with Gasteiger partial charge in [0.1, 0.15) is 11.9 Å². The molecule has 2 aromatic rings. The van der Waals surface area contributed by atoms with Crippen molar-refractivity contribution in [3.05, 3.63) is 59.7 Å². The van der Waals surface area contributed by atoms with E-state index in [0.717, 1.165) is 37.0 Å². The summed E-state index contributed by atoms with van der Waals surface area (Å²) < 4.78 is 51.5. The van der Waals surface area contributed by atoms with Gasteiger partial charge in [-0.05, 0) is 60.6 Å². The number of alkyl carbamates (subject to hydrolysis) is 1. The van der Waals surface area contributed by atoms with Crippen LogP contribution in [0, 0.1) is 11.8 Å². The summed E-state index contributed by atoms with van der Waals surface area (Å²) in [5.74, 6) is 0.696. The van der Waals surface area contributed by atoms with E-state index in [-0.39, 0.29) is 55.7 Å². The second-order valence-electron chi connectivity index (χ2n) is 12.0. The fourth-order valence-corrected chi connectivity index (χ4v) is 7.04. The molecule has 2 aliphatic heterocycles. The van der Waals surface area contributed by atoms with E-state index in [1.165, 1.54) is 16.4 Å². The number of aliphatic hydroxyl groups is 2. The maximum absolute atomic E-state index is 13.8. The molecule has 2 aliphatic rings. The highest BCUT2D eigenvalue weighted by Gasteiger charge is 2.44. The second-order valence-corrected chi connectivity index (χ2v) is 13.9. The Morgan fingerprint density at radius 2 is 1.78 bits per heavy atom. The summed E-state index contributed by atoms with van der Waals surface area (Å²) in [5.41, 5.74) is 1.42. The molecule has 2 aromatic carbocycles. The topological polar surface area (TPSA) is 144 Å². The molecular formula is C33H48N2O9S. The molecule has 0 aliphatic carbocycles. The van der Waals surface area contributed by atoms with E-state index < -0.39 is 34.4 Å². The molecule has 250 valence electrons. The molecule has 0 saturated carbocycles. The van der Waals surface area contributed by atoms with E-state index in [9.17, 15) is 23.4 Å². The van der Waals surface area contributed by atoms with Gasteiger partial charge in [0.2, 0.25) is 10.0 Å². The van der Waals surface area contributed by atoms with Crippen molar-refractivity contribution < 1.29 is 42.4 Å². The summed E-state index contributed by atoms with van der Waals surface area (Å²) in [6.45, 7) is 7.14. The average Bonchev–Trinajstić information content (AvgIpc) is 3.66. The first kappa shape index (κ1) is 35.1. The van der Waals surface area contributed by atoms with Gasteiger partial charge in [0.05, 0.1) is 49.4 Å². The lowest BCUT2D eigenvalue weighted by molar-refractivity contribution is -0.0907. The fourth-order valence-electron chi connectivity index (χ4n) is 5.46. The Bertz CT molecular complexity index is 1310. The Morgan fingerprint density at radius 1 is 1.07 bits per heavy atom. The van der Waals surface area contributed by atoms with Crippen LogP contribution in [0.15, 0.2) is 53.4 Å². The van der Waals surface area contributed by atoms with Crippen LogP contribution in [0.4, 0.5) is 4.79 Å². The number of carbonyl (C=O) groups excluding carboxylic acids is 1. The monoisotopic (exact) mass is 648 g/mol. The number of unbranched alkanes of at least 4 members (excludes halogenated alkanes) is 1. The number of nitrogens with zero attached hydrogens (tertiary/aromatic N) is 1. The molecule has 2 fully saturated rings. The maximum Gasteiger partial charge on any atom is 0.407 e. The van der Waals surface area contributed by atoms with Gasteiger partial charge in [-0.15, -0.1) is 0 Å². The summed E-state index contributed by atoms with van der Waals surface area (Å²) in [4.78, 5) is 13.2. The number of fused-ring (bicyclic) bond motifs is 1. The lowest BCUT2D eigenvalue weighted by Crippen LogP contribution is -2.51. The van der Waals surface area contributed by atoms with Gasteiger partial charge in [0.25, 0.3) is 0 Å². The number of amides is 1. The molecule has 45 heavy (non-hydrogen) atoms. The number of rotatable bonds is 17. The van der Waals surface area contributed by atoms with Crippen LogP contribution in [0.25, 0.3) is 0 Å². The number of hydrogen-bond acceptors (Lipinski definition) is 9. The minimum Gasteiger partial charge on any atom is -0.494 e. The van der Waals surface area contributed by atoms with Crippen molar-refractivity contribution in [2.45, 2.75) is 88.9 Å². The highest BCUT2D eigenvalue weighted by Crippen LogP contribution is 2.33. The summed E-state index contributed by atoms with van der Waals surface area (Å²) in [6.07, 6.45) is 0.829. The van der Waals surface area contributed by atoms with Crippen molar-refractivity contribution in [1.82, 2.24) is 9.62 Å². The normalized spacial score (nSPS) is 21.7. The van der Waals surface area contributed by atoms with Crippen LogP contribution in [0.2, 0.25) is 0 Å². The smallest absolute Gasteiger partial charge is 0.407 e. The third-order valence-corrected chi connectivity index (χ3v) is 10.3. The number of benzene rings is 2. The van der Waals surface area contributed by atoms with Crippen LogP contribution >= 0.6 is 0 Å². The van der Waals surface area contributed by atoms with Gasteiger partial charge in [0, 0.05) is 13.1 Å². The molecule has 1 amide bonds. The Morgan fingerprint density at radius 3 is 2.44 bits per heavy atom. The Balaban J connectivity index is 1.53. The Kier molecular flexibility index (Phi) is 13.0. The zero-order valence-electron chi connectivity index (χ0n) is 26.5. The molecule has 11 nitrogen and oxygen atoms in total. The fraction of sp³-hybridized carbons (Fsp3) is 0.606. The van der Waals surface area contributed by atoms with E-state index in [1.807, 2.05) is 38.1 Å². The molecule has 3 N–H and O–H groups in total. The zero-order valence-corrected chi connectivity index (χ0v) is 27.3. The molecular weight excluding hydrogens is 600 g/mol. The third-order valence-electron chi connectivity index (χ3n) is 8.50. The molecule has 0 spiro atoms. The standard InChI is InChI=1S/C33H48N2O9S/c1-4-6-16-41-26-11-7-24(8-12-26)18-29(34-33(38)44-31-22-43-32-28(31)15-17-42-32)30(37)20-35(19-23(3)5-2)45(39,40)27-13-9-25(21-36)10-14-27/h7-14,23,28-32,36-37H,4-6,15-22H2,1-3H3,(H,34,38)/t23-,28-,29-,30+,31-,32+/m0/s1. The molecule has 2 heterocycles. The summed E-state index contributed by atoms with van der Waals surface area (Å²) in [7, 11) is -4.01. The molecule has 0 unspecified atom stereocenters. The first-order chi connectivity index (χ1) is 21.6. The third kappa shape index (κ3) is 9.63. The van der Waals surface area contributed by atoms with E-state index >= 15 is 0 Å². The van der Waals surface area contributed by atoms with Crippen molar-refractivity contribution in [2.24, 2.45) is 11.8 Å². The van der Waals surface area contributed by atoms with Crippen LogP contribution in [0.3, 0.4) is 0 Å². The zero-order chi connectivity index (χ0) is 32.4. The number of aliphatic hydroxyl groups excluding tert-OH is 2. The average molecular weight is 649 g/mol. The lowest BCUT2D eigenvalue weighted by Gasteiger charge is -2.31. The second kappa shape index (κ2) is 16.7. The highest BCUT2D eigenvalue weighted by atomic mass is 32.2. The van der Waals surface area contributed by atoms with Crippen molar-refractivity contribution in [3.63, 3.8) is 0 Å². The number of sulfonamides is 1. The molecule has 12 heteroatoms. The minimum absolute atomic E-state index is 0.0178. The predicted molar refractivity (Wildman–Crippen MR) is 168 cm³/mol. The molecule has 6 atom stereocenters. The molecule has 0 radical (unpaired) electrons. The highest BCUT2D eigenvalue weighted by molar-refractivity contribution is 7.89. The minimum atomic E-state index is -4.01. The predicted octanol–water partition coefficient (Wildman–Crippen LogP) is 3.85. The Labute approximate surface area is 266 Å². The molecule has 0 bridgehead atoms. The first-order valence-electron chi connectivity index (χ1n) is 15.9. The van der Waals surface area contributed by atoms with E-state index in [0.29, 0.717) is 18.8 Å². The largest absolute Gasteiger partial charge is 0.494 e. The number of carbonyl (C=O) groups is 1. The van der Waals surface area contributed by atoms with Gasteiger partial charge < -0.3 is 34.5 Å². The van der Waals surface area contributed by atoms with Crippen LogP contribution in [-0.4, -0.2) is 86.5 Å². The van der Waals surface area contributed by atoms with Gasteiger partial charge in [-0.3, -0.25) is 0 Å². The molecule has 2 saturated heterocycles. The first-order valence-corrected chi connectivity index (χ1v) is 17.4. The van der Waals surface area contributed by atoms with Gasteiger partial charge >= 0.3 is 6.09 Å². The summed E-state index contributed by atoms with van der Waals surface area (Å²) in [6, 6.07) is 12.6. The summed E-state index contributed by atoms with van der Waals surface area (Å²) >= 11 is 0.